The first-order valence-corrected chi connectivity index (χ1v) is 9.92. The summed E-state index contributed by atoms with van der Waals surface area (Å²) in [5.74, 6) is 0.990. The molecule has 1 aromatic heterocycles. The molecule has 3 rings (SSSR count). The third-order valence-electron chi connectivity index (χ3n) is 5.76. The van der Waals surface area contributed by atoms with Crippen molar-refractivity contribution in [3.05, 3.63) is 52.3 Å². The van der Waals surface area contributed by atoms with E-state index in [4.69, 9.17) is 4.74 Å². The molecule has 0 atom stereocenters. The predicted molar refractivity (Wildman–Crippen MR) is 108 cm³/mol. The quantitative estimate of drug-likeness (QED) is 0.588. The molecule has 0 aliphatic carbocycles. The van der Waals surface area contributed by atoms with Gasteiger partial charge in [0.2, 0.25) is 5.78 Å². The summed E-state index contributed by atoms with van der Waals surface area (Å²) in [7, 11) is 1.68. The van der Waals surface area contributed by atoms with Gasteiger partial charge in [-0.15, -0.1) is 0 Å². The molecule has 0 spiro atoms. The molecule has 0 saturated carbocycles. The number of benzene rings is 1. The number of quaternary nitrogens is 2. The summed E-state index contributed by atoms with van der Waals surface area (Å²) in [4.78, 5) is 30.6. The van der Waals surface area contributed by atoms with Crippen LogP contribution in [0.1, 0.15) is 44.6 Å². The SMILES string of the molecule is COc1ccc(C[NH+]2CC[NH+](CC(=O)c3[nH]c(C)c(C(C)=O)c3C)CC2)cc1. The Morgan fingerprint density at radius 1 is 1.04 bits per heavy atom. The fraction of sp³-hybridized carbons (Fsp3) is 0.455. The van der Waals surface area contributed by atoms with E-state index in [2.05, 4.69) is 17.1 Å². The number of hydrogen-bond donors (Lipinski definition) is 3. The van der Waals surface area contributed by atoms with Crippen LogP contribution in [0.5, 0.6) is 5.75 Å². The van der Waals surface area contributed by atoms with Gasteiger partial charge in [-0.3, -0.25) is 9.59 Å². The molecule has 2 aromatic rings. The lowest BCUT2D eigenvalue weighted by Crippen LogP contribution is -3.27. The highest BCUT2D eigenvalue weighted by Gasteiger charge is 2.27. The third-order valence-corrected chi connectivity index (χ3v) is 5.76. The van der Waals surface area contributed by atoms with Crippen molar-refractivity contribution in [2.45, 2.75) is 27.3 Å². The maximum Gasteiger partial charge on any atom is 0.233 e. The second-order valence-corrected chi connectivity index (χ2v) is 7.81. The number of piperazine rings is 1. The summed E-state index contributed by atoms with van der Waals surface area (Å²) < 4.78 is 5.21. The van der Waals surface area contributed by atoms with Gasteiger partial charge in [0.1, 0.15) is 45.0 Å². The van der Waals surface area contributed by atoms with Crippen LogP contribution < -0.4 is 14.5 Å². The highest BCUT2D eigenvalue weighted by atomic mass is 16.5. The molecule has 1 saturated heterocycles. The van der Waals surface area contributed by atoms with Gasteiger partial charge < -0.3 is 19.5 Å². The van der Waals surface area contributed by atoms with Crippen molar-refractivity contribution >= 4 is 11.6 Å². The van der Waals surface area contributed by atoms with E-state index in [1.54, 1.807) is 18.9 Å². The molecule has 1 aliphatic rings. The second-order valence-electron chi connectivity index (χ2n) is 7.81. The van der Waals surface area contributed by atoms with Crippen LogP contribution in [0.25, 0.3) is 0 Å². The Labute approximate surface area is 166 Å². The van der Waals surface area contributed by atoms with Crippen molar-refractivity contribution in [3.8, 4) is 5.75 Å². The number of hydrogen-bond acceptors (Lipinski definition) is 3. The first-order valence-electron chi connectivity index (χ1n) is 9.92. The van der Waals surface area contributed by atoms with Gasteiger partial charge in [0.15, 0.2) is 5.78 Å². The number of aromatic amines is 1. The first-order chi connectivity index (χ1) is 13.4. The lowest BCUT2D eigenvalue weighted by Gasteiger charge is -2.29. The van der Waals surface area contributed by atoms with Crippen molar-refractivity contribution in [3.63, 3.8) is 0 Å². The number of methoxy groups -OCH3 is 1. The number of ether oxygens (including phenoxy) is 1. The van der Waals surface area contributed by atoms with Crippen molar-refractivity contribution in [1.29, 1.82) is 0 Å². The van der Waals surface area contributed by atoms with E-state index in [0.29, 0.717) is 17.8 Å². The van der Waals surface area contributed by atoms with Crippen LogP contribution in [0, 0.1) is 13.8 Å². The van der Waals surface area contributed by atoms with Gasteiger partial charge in [-0.25, -0.2) is 0 Å². The minimum atomic E-state index is 0.00777. The Morgan fingerprint density at radius 3 is 2.18 bits per heavy atom. The zero-order chi connectivity index (χ0) is 20.3. The minimum Gasteiger partial charge on any atom is -0.497 e. The van der Waals surface area contributed by atoms with E-state index in [9.17, 15) is 9.59 Å². The normalized spacial score (nSPS) is 19.4. The molecule has 1 aromatic carbocycles. The van der Waals surface area contributed by atoms with Crippen LogP contribution in [0.15, 0.2) is 24.3 Å². The maximum absolute atomic E-state index is 12.8. The Hall–Kier alpha value is -2.44. The molecule has 2 heterocycles. The Bertz CT molecular complexity index is 847. The maximum atomic E-state index is 12.8. The number of H-pyrrole nitrogens is 1. The van der Waals surface area contributed by atoms with Gasteiger partial charge >= 0.3 is 0 Å². The van der Waals surface area contributed by atoms with Crippen LogP contribution in [0.4, 0.5) is 0 Å². The van der Waals surface area contributed by atoms with E-state index < -0.39 is 0 Å². The molecule has 150 valence electrons. The predicted octanol–water partition coefficient (Wildman–Crippen LogP) is 0.00904. The minimum absolute atomic E-state index is 0.00777. The number of carbonyl (C=O) groups is 2. The Balaban J connectivity index is 1.53. The highest BCUT2D eigenvalue weighted by molar-refractivity contribution is 6.03. The third kappa shape index (κ3) is 4.51. The molecular weight excluding hydrogens is 354 g/mol. The molecule has 0 bridgehead atoms. The fourth-order valence-corrected chi connectivity index (χ4v) is 4.22. The number of carbonyl (C=O) groups excluding carboxylic acids is 2. The highest BCUT2D eigenvalue weighted by Crippen LogP contribution is 2.18. The van der Waals surface area contributed by atoms with Crippen LogP contribution in [0.3, 0.4) is 0 Å². The monoisotopic (exact) mass is 385 g/mol. The first kappa shape index (κ1) is 20.3. The molecule has 1 fully saturated rings. The molecule has 0 radical (unpaired) electrons. The van der Waals surface area contributed by atoms with Gasteiger partial charge in [-0.1, -0.05) is 0 Å². The van der Waals surface area contributed by atoms with E-state index in [-0.39, 0.29) is 11.6 Å². The van der Waals surface area contributed by atoms with E-state index >= 15 is 0 Å². The average molecular weight is 386 g/mol. The summed E-state index contributed by atoms with van der Waals surface area (Å²) in [6, 6.07) is 8.25. The number of aromatic nitrogens is 1. The number of nitrogens with one attached hydrogen (secondary N) is 3. The largest absolute Gasteiger partial charge is 0.497 e. The topological polar surface area (TPSA) is 68.0 Å². The van der Waals surface area contributed by atoms with Crippen LogP contribution in [0.2, 0.25) is 0 Å². The molecule has 28 heavy (non-hydrogen) atoms. The Kier molecular flexibility index (Phi) is 6.31. The number of Topliss-reactive ketones (excluding diaryl/α,β-unsaturated/α-hetero) is 2. The number of ketones is 2. The molecule has 6 heteroatoms. The summed E-state index contributed by atoms with van der Waals surface area (Å²) in [6.07, 6.45) is 0. The molecule has 6 nitrogen and oxygen atoms in total. The van der Waals surface area contributed by atoms with Crippen molar-refractivity contribution in [1.82, 2.24) is 4.98 Å². The van der Waals surface area contributed by atoms with E-state index in [1.807, 2.05) is 26.0 Å². The molecule has 3 N–H and O–H groups in total. The molecule has 0 unspecified atom stereocenters. The fourth-order valence-electron chi connectivity index (χ4n) is 4.22. The van der Waals surface area contributed by atoms with E-state index in [1.165, 1.54) is 10.5 Å². The number of aryl methyl sites for hydroxylation is 1. The summed E-state index contributed by atoms with van der Waals surface area (Å²) in [5.41, 5.74) is 4.15. The lowest BCUT2D eigenvalue weighted by molar-refractivity contribution is -1.01. The summed E-state index contributed by atoms with van der Waals surface area (Å²) >= 11 is 0. The van der Waals surface area contributed by atoms with E-state index in [0.717, 1.165) is 49.7 Å². The van der Waals surface area contributed by atoms with Crippen molar-refractivity contribution in [2.75, 3.05) is 39.8 Å². The zero-order valence-electron chi connectivity index (χ0n) is 17.3. The molecular formula is C22H31N3O3+2. The molecule has 0 amide bonds. The lowest BCUT2D eigenvalue weighted by atomic mass is 10.1. The summed E-state index contributed by atoms with van der Waals surface area (Å²) in [5, 5.41) is 0. The van der Waals surface area contributed by atoms with Gasteiger partial charge in [0, 0.05) is 16.8 Å². The molecule has 1 aliphatic heterocycles. The summed E-state index contributed by atoms with van der Waals surface area (Å²) in [6.45, 7) is 10.8. The van der Waals surface area contributed by atoms with Gasteiger partial charge in [0.05, 0.1) is 12.8 Å². The second kappa shape index (κ2) is 8.71. The van der Waals surface area contributed by atoms with Crippen LogP contribution in [-0.4, -0.2) is 56.4 Å². The average Bonchev–Trinajstić information content (AvgIpc) is 2.98. The zero-order valence-corrected chi connectivity index (χ0v) is 17.3. The van der Waals surface area contributed by atoms with Gasteiger partial charge in [0.25, 0.3) is 0 Å². The standard InChI is InChI=1S/C22H29N3O3/c1-15-21(17(3)26)16(2)23-22(15)20(27)14-25-11-9-24(10-12-25)13-18-5-7-19(28-4)8-6-18/h5-8,23H,9-14H2,1-4H3/p+2. The Morgan fingerprint density at radius 2 is 1.64 bits per heavy atom. The van der Waals surface area contributed by atoms with Gasteiger partial charge in [-0.2, -0.15) is 0 Å². The van der Waals surface area contributed by atoms with Crippen LogP contribution >= 0.6 is 0 Å². The van der Waals surface area contributed by atoms with Crippen molar-refractivity contribution in [2.24, 2.45) is 0 Å². The van der Waals surface area contributed by atoms with Crippen LogP contribution in [-0.2, 0) is 6.54 Å². The smallest absolute Gasteiger partial charge is 0.233 e. The van der Waals surface area contributed by atoms with Crippen molar-refractivity contribution < 1.29 is 24.1 Å². The number of rotatable bonds is 7. The van der Waals surface area contributed by atoms with Gasteiger partial charge in [-0.05, 0) is 50.6 Å².